The molecule has 35 heavy (non-hydrogen) atoms. The van der Waals surface area contributed by atoms with Crippen LogP contribution in [-0.4, -0.2) is 81.6 Å². The molecule has 0 bridgehead atoms. The molecule has 0 radical (unpaired) electrons. The second-order valence-corrected chi connectivity index (χ2v) is 8.08. The summed E-state index contributed by atoms with van der Waals surface area (Å²) in [4.78, 5) is 40.8. The lowest BCUT2D eigenvalue weighted by Gasteiger charge is -2.27. The Morgan fingerprint density at radius 1 is 1.06 bits per heavy atom. The van der Waals surface area contributed by atoms with Gasteiger partial charge in [0.1, 0.15) is 12.1 Å². The van der Waals surface area contributed by atoms with Gasteiger partial charge < -0.3 is 28.3 Å². The summed E-state index contributed by atoms with van der Waals surface area (Å²) in [7, 11) is 0. The first-order valence-corrected chi connectivity index (χ1v) is 11.3. The SMILES string of the molecule is CCOC(=O)Cn1cc(N(CCOCCOCCOCCN=[N+]=[N-])C(=O)OC(C)(C)C)ccc1=O. The monoisotopic (exact) mass is 497 g/mol. The molecule has 1 aromatic rings. The number of esters is 1. The van der Waals surface area contributed by atoms with Crippen LogP contribution in [-0.2, 0) is 35.0 Å². The summed E-state index contributed by atoms with van der Waals surface area (Å²) in [5.74, 6) is -0.556. The summed E-state index contributed by atoms with van der Waals surface area (Å²) in [6.45, 7) is 9.14. The fraction of sp³-hybridized carbons (Fsp3) is 0.682. The Morgan fingerprint density at radius 3 is 2.29 bits per heavy atom. The zero-order valence-corrected chi connectivity index (χ0v) is 20.8. The van der Waals surface area contributed by atoms with Gasteiger partial charge in [-0.1, -0.05) is 5.11 Å². The van der Waals surface area contributed by atoms with Gasteiger partial charge in [-0.2, -0.15) is 0 Å². The van der Waals surface area contributed by atoms with Crippen LogP contribution < -0.4 is 10.5 Å². The van der Waals surface area contributed by atoms with Crippen molar-refractivity contribution in [3.8, 4) is 0 Å². The number of carbonyl (C=O) groups excluding carboxylic acids is 2. The minimum Gasteiger partial charge on any atom is -0.465 e. The number of rotatable bonds is 16. The number of ether oxygens (including phenoxy) is 5. The number of amides is 1. The first-order chi connectivity index (χ1) is 16.7. The summed E-state index contributed by atoms with van der Waals surface area (Å²) in [6.07, 6.45) is 0.797. The van der Waals surface area contributed by atoms with E-state index < -0.39 is 23.2 Å². The van der Waals surface area contributed by atoms with Gasteiger partial charge in [0.2, 0.25) is 0 Å². The molecule has 1 amide bonds. The number of nitrogens with zero attached hydrogens (tertiary/aromatic N) is 5. The van der Waals surface area contributed by atoms with Gasteiger partial charge in [-0.15, -0.1) is 0 Å². The van der Waals surface area contributed by atoms with Crippen LogP contribution in [0.15, 0.2) is 28.2 Å². The number of hydrogen-bond donors (Lipinski definition) is 0. The lowest BCUT2D eigenvalue weighted by Crippen LogP contribution is -2.39. The smallest absolute Gasteiger partial charge is 0.414 e. The van der Waals surface area contributed by atoms with E-state index in [1.165, 1.54) is 27.8 Å². The third-order valence-corrected chi connectivity index (χ3v) is 4.10. The molecule has 0 aliphatic rings. The van der Waals surface area contributed by atoms with E-state index in [9.17, 15) is 14.4 Å². The maximum atomic E-state index is 12.8. The van der Waals surface area contributed by atoms with Crippen molar-refractivity contribution < 1.29 is 33.3 Å². The van der Waals surface area contributed by atoms with E-state index in [1.807, 2.05) is 0 Å². The van der Waals surface area contributed by atoms with Crippen LogP contribution in [0.25, 0.3) is 10.4 Å². The second-order valence-electron chi connectivity index (χ2n) is 8.08. The summed E-state index contributed by atoms with van der Waals surface area (Å²) >= 11 is 0. The Kier molecular flexibility index (Phi) is 14.1. The fourth-order valence-corrected chi connectivity index (χ4v) is 2.64. The lowest BCUT2D eigenvalue weighted by atomic mass is 10.2. The highest BCUT2D eigenvalue weighted by Gasteiger charge is 2.24. The van der Waals surface area contributed by atoms with Crippen molar-refractivity contribution in [2.45, 2.75) is 39.8 Å². The van der Waals surface area contributed by atoms with E-state index in [1.54, 1.807) is 27.7 Å². The number of hydrogen-bond acceptors (Lipinski definition) is 9. The molecule has 1 heterocycles. The molecule has 0 N–H and O–H groups in total. The third kappa shape index (κ3) is 13.4. The highest BCUT2D eigenvalue weighted by Crippen LogP contribution is 2.17. The van der Waals surface area contributed by atoms with Crippen LogP contribution in [0.5, 0.6) is 0 Å². The molecule has 0 saturated heterocycles. The van der Waals surface area contributed by atoms with Crippen LogP contribution in [0.1, 0.15) is 27.7 Å². The van der Waals surface area contributed by atoms with Gasteiger partial charge >= 0.3 is 12.1 Å². The molecule has 0 unspecified atom stereocenters. The number of azide groups is 1. The number of anilines is 1. The molecule has 0 atom stereocenters. The average Bonchev–Trinajstić information content (AvgIpc) is 2.77. The summed E-state index contributed by atoms with van der Waals surface area (Å²) in [6, 6.07) is 2.76. The van der Waals surface area contributed by atoms with Crippen LogP contribution in [0.3, 0.4) is 0 Å². The largest absolute Gasteiger partial charge is 0.465 e. The van der Waals surface area contributed by atoms with Crippen LogP contribution >= 0.6 is 0 Å². The molecule has 1 aromatic heterocycles. The minimum atomic E-state index is -0.730. The zero-order chi connectivity index (χ0) is 26.1. The Morgan fingerprint density at radius 2 is 1.69 bits per heavy atom. The highest BCUT2D eigenvalue weighted by molar-refractivity contribution is 5.87. The Bertz CT molecular complexity index is 893. The topological polar surface area (TPSA) is 154 Å². The van der Waals surface area contributed by atoms with E-state index in [2.05, 4.69) is 10.0 Å². The van der Waals surface area contributed by atoms with Crippen LogP contribution in [0.2, 0.25) is 0 Å². The average molecular weight is 498 g/mol. The Hall–Kier alpha value is -3.12. The zero-order valence-electron chi connectivity index (χ0n) is 20.8. The first-order valence-electron chi connectivity index (χ1n) is 11.3. The summed E-state index contributed by atoms with van der Waals surface area (Å²) in [5, 5.41) is 3.36. The van der Waals surface area contributed by atoms with Crippen molar-refractivity contribution in [2.24, 2.45) is 5.11 Å². The van der Waals surface area contributed by atoms with Gasteiger partial charge in [0.05, 0.1) is 58.5 Å². The van der Waals surface area contributed by atoms with Crippen molar-refractivity contribution in [1.82, 2.24) is 4.57 Å². The van der Waals surface area contributed by atoms with E-state index in [0.29, 0.717) is 38.7 Å². The summed E-state index contributed by atoms with van der Waals surface area (Å²) < 4.78 is 27.7. The van der Waals surface area contributed by atoms with E-state index in [4.69, 9.17) is 29.2 Å². The molecule has 0 aromatic carbocycles. The molecule has 0 spiro atoms. The van der Waals surface area contributed by atoms with E-state index >= 15 is 0 Å². The third-order valence-electron chi connectivity index (χ3n) is 4.10. The highest BCUT2D eigenvalue weighted by atomic mass is 16.6. The van der Waals surface area contributed by atoms with Crippen molar-refractivity contribution in [1.29, 1.82) is 0 Å². The van der Waals surface area contributed by atoms with Gasteiger partial charge in [0.15, 0.2) is 0 Å². The molecule has 0 fully saturated rings. The van der Waals surface area contributed by atoms with Gasteiger partial charge in [0, 0.05) is 23.7 Å². The van der Waals surface area contributed by atoms with E-state index in [0.717, 1.165) is 0 Å². The normalized spacial score (nSPS) is 11.0. The minimum absolute atomic E-state index is 0.148. The maximum Gasteiger partial charge on any atom is 0.414 e. The van der Waals surface area contributed by atoms with Gasteiger partial charge in [-0.3, -0.25) is 14.5 Å². The first kappa shape index (κ1) is 29.9. The van der Waals surface area contributed by atoms with Gasteiger partial charge in [-0.25, -0.2) is 4.79 Å². The van der Waals surface area contributed by atoms with Gasteiger partial charge in [0.25, 0.3) is 5.56 Å². The van der Waals surface area contributed by atoms with Crippen LogP contribution in [0, 0.1) is 0 Å². The number of pyridine rings is 1. The maximum absolute atomic E-state index is 12.8. The van der Waals surface area contributed by atoms with Crippen LogP contribution in [0.4, 0.5) is 10.5 Å². The van der Waals surface area contributed by atoms with E-state index in [-0.39, 0.29) is 32.8 Å². The predicted octanol–water partition coefficient (Wildman–Crippen LogP) is 2.51. The Labute approximate surface area is 204 Å². The molecule has 13 nitrogen and oxygen atoms in total. The molecule has 1 rings (SSSR count). The van der Waals surface area contributed by atoms with Crippen molar-refractivity contribution in [3.05, 3.63) is 39.1 Å². The fourth-order valence-electron chi connectivity index (χ4n) is 2.64. The number of aromatic nitrogens is 1. The lowest BCUT2D eigenvalue weighted by molar-refractivity contribution is -0.143. The van der Waals surface area contributed by atoms with Crippen molar-refractivity contribution in [3.63, 3.8) is 0 Å². The number of carbonyl (C=O) groups is 2. The molecule has 0 saturated carbocycles. The summed E-state index contributed by atoms with van der Waals surface area (Å²) in [5.41, 5.74) is 7.41. The molecule has 0 aliphatic carbocycles. The molecular formula is C22H35N5O8. The molecule has 196 valence electrons. The van der Waals surface area contributed by atoms with Gasteiger partial charge in [-0.05, 0) is 39.3 Å². The Balaban J connectivity index is 2.63. The second kappa shape index (κ2) is 16.5. The quantitative estimate of drug-likeness (QED) is 0.111. The predicted molar refractivity (Wildman–Crippen MR) is 127 cm³/mol. The standard InChI is InChI=1S/C22H35N5O8/c1-5-34-20(29)17-26-16-18(6-7-19(26)28)27(21(30)35-22(2,3)4)9-11-32-13-15-33-14-12-31-10-8-24-25-23/h6-7,16H,5,8-15,17H2,1-4H3. The molecule has 0 aliphatic heterocycles. The molecule has 13 heteroatoms. The molecular weight excluding hydrogens is 462 g/mol. The van der Waals surface area contributed by atoms with Crippen molar-refractivity contribution >= 4 is 17.7 Å². The van der Waals surface area contributed by atoms with Crippen molar-refractivity contribution in [2.75, 3.05) is 64.2 Å².